The van der Waals surface area contributed by atoms with Crippen molar-refractivity contribution < 1.29 is 14.6 Å². The van der Waals surface area contributed by atoms with Crippen LogP contribution in [0.1, 0.15) is 22.4 Å². The van der Waals surface area contributed by atoms with Crippen LogP contribution in [0.15, 0.2) is 37.0 Å². The number of rotatable bonds is 6. The van der Waals surface area contributed by atoms with E-state index in [-0.39, 0.29) is 24.5 Å². The Morgan fingerprint density at radius 1 is 1.39 bits per heavy atom. The predicted octanol–water partition coefficient (Wildman–Crippen LogP) is 2.56. The first-order valence-corrected chi connectivity index (χ1v) is 9.49. The zero-order valence-electron chi connectivity index (χ0n) is 15.0. The van der Waals surface area contributed by atoms with Crippen molar-refractivity contribution in [2.75, 3.05) is 7.11 Å². The van der Waals surface area contributed by atoms with Gasteiger partial charge in [0.25, 0.3) is 11.5 Å². The first-order chi connectivity index (χ1) is 13.3. The maximum Gasteiger partial charge on any atom is 0.269 e. The molecule has 0 saturated carbocycles. The Balaban J connectivity index is 2.16. The number of halogens is 2. The molecule has 28 heavy (non-hydrogen) atoms. The van der Waals surface area contributed by atoms with E-state index in [1.165, 1.54) is 17.9 Å². The Hall–Kier alpha value is -2.48. The van der Waals surface area contributed by atoms with Crippen LogP contribution in [0.4, 0.5) is 0 Å². The summed E-state index contributed by atoms with van der Waals surface area (Å²) in [5, 5.41) is 22.8. The molecule has 0 unspecified atom stereocenters. The second-order valence-corrected chi connectivity index (χ2v) is 7.46. The number of amides is 1. The third kappa shape index (κ3) is 5.07. The molecular weight excluding hydrogens is 496 g/mol. The van der Waals surface area contributed by atoms with E-state index in [4.69, 9.17) is 4.74 Å². The third-order valence-electron chi connectivity index (χ3n) is 3.74. The first kappa shape index (κ1) is 21.8. The SMILES string of the molecule is COCc1cc(C)n(CC(=O)N/N=C/c2cc(Br)c(O)c(Br)c2)c(=O)c1C#N. The van der Waals surface area contributed by atoms with Crippen LogP contribution in [0, 0.1) is 18.3 Å². The molecule has 0 atom stereocenters. The van der Waals surface area contributed by atoms with Crippen LogP contribution in [-0.4, -0.2) is 28.9 Å². The van der Waals surface area contributed by atoms with Gasteiger partial charge < -0.3 is 14.4 Å². The van der Waals surface area contributed by atoms with Gasteiger partial charge in [-0.15, -0.1) is 0 Å². The van der Waals surface area contributed by atoms with Crippen molar-refractivity contribution in [3.63, 3.8) is 0 Å². The second-order valence-electron chi connectivity index (χ2n) is 5.75. The number of carbonyl (C=O) groups is 1. The van der Waals surface area contributed by atoms with Crippen LogP contribution in [-0.2, 0) is 22.7 Å². The minimum absolute atomic E-state index is 0.0532. The molecule has 2 aromatic rings. The first-order valence-electron chi connectivity index (χ1n) is 7.90. The number of nitrogens with one attached hydrogen (secondary N) is 1. The average molecular weight is 512 g/mol. The Morgan fingerprint density at radius 3 is 2.61 bits per heavy atom. The quantitative estimate of drug-likeness (QED) is 0.456. The summed E-state index contributed by atoms with van der Waals surface area (Å²) in [5.41, 5.74) is 3.36. The Kier molecular flexibility index (Phi) is 7.51. The molecule has 8 nitrogen and oxygen atoms in total. The van der Waals surface area contributed by atoms with Gasteiger partial charge in [0, 0.05) is 18.4 Å². The molecule has 0 aliphatic rings. The van der Waals surface area contributed by atoms with Crippen LogP contribution in [0.5, 0.6) is 5.75 Å². The summed E-state index contributed by atoms with van der Waals surface area (Å²) >= 11 is 6.41. The molecular formula is C18H16Br2N4O4. The van der Waals surface area contributed by atoms with Gasteiger partial charge in [-0.1, -0.05) is 0 Å². The molecule has 1 heterocycles. The van der Waals surface area contributed by atoms with Gasteiger partial charge in [0.15, 0.2) is 0 Å². The van der Waals surface area contributed by atoms with Gasteiger partial charge >= 0.3 is 0 Å². The molecule has 0 aliphatic heterocycles. The van der Waals surface area contributed by atoms with Crippen molar-refractivity contribution in [3.8, 4) is 11.8 Å². The molecule has 2 rings (SSSR count). The largest absolute Gasteiger partial charge is 0.506 e. The maximum atomic E-state index is 12.5. The fourth-order valence-corrected chi connectivity index (χ4v) is 3.66. The summed E-state index contributed by atoms with van der Waals surface area (Å²) < 4.78 is 7.14. The van der Waals surface area contributed by atoms with E-state index in [1.807, 2.05) is 6.07 Å². The molecule has 0 saturated heterocycles. The Morgan fingerprint density at radius 2 is 2.04 bits per heavy atom. The number of carbonyl (C=O) groups excluding carboxylic acids is 1. The van der Waals surface area contributed by atoms with Gasteiger partial charge in [-0.3, -0.25) is 9.59 Å². The van der Waals surface area contributed by atoms with E-state index in [2.05, 4.69) is 42.4 Å². The Bertz CT molecular complexity index is 1020. The van der Waals surface area contributed by atoms with E-state index < -0.39 is 11.5 Å². The van der Waals surface area contributed by atoms with Gasteiger partial charge in [-0.05, 0) is 62.5 Å². The molecule has 1 aromatic heterocycles. The number of aromatic nitrogens is 1. The molecule has 1 aromatic carbocycles. The number of nitriles is 1. The fraction of sp³-hybridized carbons (Fsp3) is 0.222. The van der Waals surface area contributed by atoms with Gasteiger partial charge in [-0.2, -0.15) is 10.4 Å². The molecule has 0 spiro atoms. The summed E-state index contributed by atoms with van der Waals surface area (Å²) in [6, 6.07) is 6.76. The van der Waals surface area contributed by atoms with Crippen molar-refractivity contribution in [3.05, 3.63) is 59.9 Å². The Labute approximate surface area is 177 Å². The van der Waals surface area contributed by atoms with Gasteiger partial charge in [-0.25, -0.2) is 5.43 Å². The normalized spacial score (nSPS) is 10.8. The number of hydrogen-bond acceptors (Lipinski definition) is 6. The highest BCUT2D eigenvalue weighted by Crippen LogP contribution is 2.32. The summed E-state index contributed by atoms with van der Waals surface area (Å²) in [6.45, 7) is 1.52. The highest BCUT2D eigenvalue weighted by atomic mass is 79.9. The third-order valence-corrected chi connectivity index (χ3v) is 4.95. The number of pyridine rings is 1. The zero-order chi connectivity index (χ0) is 20.8. The number of nitrogens with zero attached hydrogens (tertiary/aromatic N) is 3. The van der Waals surface area contributed by atoms with Crippen LogP contribution in [0.3, 0.4) is 0 Å². The van der Waals surface area contributed by atoms with E-state index >= 15 is 0 Å². The number of benzene rings is 1. The number of hydrazone groups is 1. The zero-order valence-corrected chi connectivity index (χ0v) is 18.2. The number of phenolic OH excluding ortho intramolecular Hbond substituents is 1. The summed E-state index contributed by atoms with van der Waals surface area (Å²) in [5.74, 6) is -0.469. The van der Waals surface area contributed by atoms with Crippen LogP contribution < -0.4 is 11.0 Å². The lowest BCUT2D eigenvalue weighted by atomic mass is 10.1. The lowest BCUT2D eigenvalue weighted by Crippen LogP contribution is -2.33. The smallest absolute Gasteiger partial charge is 0.269 e. The van der Waals surface area contributed by atoms with Crippen molar-refractivity contribution in [1.29, 1.82) is 5.26 Å². The number of aromatic hydroxyl groups is 1. The van der Waals surface area contributed by atoms with Gasteiger partial charge in [0.1, 0.15) is 23.9 Å². The molecule has 0 radical (unpaired) electrons. The van der Waals surface area contributed by atoms with Crippen molar-refractivity contribution >= 4 is 44.0 Å². The van der Waals surface area contributed by atoms with Gasteiger partial charge in [0.05, 0.1) is 21.8 Å². The highest BCUT2D eigenvalue weighted by molar-refractivity contribution is 9.11. The summed E-state index contributed by atoms with van der Waals surface area (Å²) in [6.07, 6.45) is 1.39. The molecule has 10 heteroatoms. The second kappa shape index (κ2) is 9.64. The monoisotopic (exact) mass is 510 g/mol. The number of ether oxygens (including phenoxy) is 1. The lowest BCUT2D eigenvalue weighted by molar-refractivity contribution is -0.121. The maximum absolute atomic E-state index is 12.5. The van der Waals surface area contributed by atoms with Gasteiger partial charge in [0.2, 0.25) is 0 Å². The molecule has 0 fully saturated rings. The van der Waals surface area contributed by atoms with Crippen molar-refractivity contribution in [1.82, 2.24) is 9.99 Å². The molecule has 1 amide bonds. The minimum Gasteiger partial charge on any atom is -0.506 e. The number of phenols is 1. The minimum atomic E-state index is -0.555. The summed E-state index contributed by atoms with van der Waals surface area (Å²) in [4.78, 5) is 24.6. The number of hydrogen-bond donors (Lipinski definition) is 2. The molecule has 2 N–H and O–H groups in total. The average Bonchev–Trinajstić information content (AvgIpc) is 2.63. The predicted molar refractivity (Wildman–Crippen MR) is 110 cm³/mol. The fourth-order valence-electron chi connectivity index (χ4n) is 2.44. The van der Waals surface area contributed by atoms with Crippen molar-refractivity contribution in [2.24, 2.45) is 5.10 Å². The van der Waals surface area contributed by atoms with Crippen LogP contribution in [0.25, 0.3) is 0 Å². The number of methoxy groups -OCH3 is 1. The van der Waals surface area contributed by atoms with Crippen LogP contribution >= 0.6 is 31.9 Å². The van der Waals surface area contributed by atoms with E-state index in [1.54, 1.807) is 25.1 Å². The van der Waals surface area contributed by atoms with Crippen LogP contribution in [0.2, 0.25) is 0 Å². The van der Waals surface area contributed by atoms with E-state index in [0.717, 1.165) is 0 Å². The standard InChI is InChI=1S/C18H16Br2N4O4/c1-10-3-12(9-28-2)13(6-21)18(27)24(10)8-16(25)23-22-7-11-4-14(19)17(26)15(20)5-11/h3-5,7,26H,8-9H2,1-2H3,(H,23,25)/b22-7+. The molecule has 146 valence electrons. The number of aryl methyl sites for hydroxylation is 1. The lowest BCUT2D eigenvalue weighted by Gasteiger charge is -2.12. The molecule has 0 aliphatic carbocycles. The topological polar surface area (TPSA) is 117 Å². The summed E-state index contributed by atoms with van der Waals surface area (Å²) in [7, 11) is 1.47. The van der Waals surface area contributed by atoms with Crippen molar-refractivity contribution in [2.45, 2.75) is 20.1 Å². The molecule has 0 bridgehead atoms. The van der Waals surface area contributed by atoms with E-state index in [0.29, 0.717) is 25.8 Å². The highest BCUT2D eigenvalue weighted by Gasteiger charge is 2.14. The van der Waals surface area contributed by atoms with E-state index in [9.17, 15) is 20.0 Å².